The summed E-state index contributed by atoms with van der Waals surface area (Å²) in [4.78, 5) is 23.4. The normalized spacial score (nSPS) is 10.2. The highest BCUT2D eigenvalue weighted by Gasteiger charge is 2.07. The lowest BCUT2D eigenvalue weighted by Crippen LogP contribution is -2.12. The lowest BCUT2D eigenvalue weighted by molar-refractivity contribution is 0.101. The number of hydrogen-bond acceptors (Lipinski definition) is 3. The Morgan fingerprint density at radius 1 is 1.05 bits per heavy atom. The van der Waals surface area contributed by atoms with E-state index >= 15 is 0 Å². The molecule has 0 fully saturated rings. The molecular formula is C17H17NO2S. The maximum atomic E-state index is 12.2. The number of carbonyl (C=O) groups is 2. The SMILES string of the molecule is CSCc1cccc(C(=O)Nc2ccc(C(C)=O)cc2)c1. The zero-order valence-corrected chi connectivity index (χ0v) is 12.9. The van der Waals surface area contributed by atoms with Crippen LogP contribution in [0.3, 0.4) is 0 Å². The lowest BCUT2D eigenvalue weighted by atomic mass is 10.1. The van der Waals surface area contributed by atoms with Crippen molar-refractivity contribution in [3.63, 3.8) is 0 Å². The summed E-state index contributed by atoms with van der Waals surface area (Å²) < 4.78 is 0. The van der Waals surface area contributed by atoms with E-state index in [4.69, 9.17) is 0 Å². The largest absolute Gasteiger partial charge is 0.322 e. The molecule has 0 aliphatic rings. The van der Waals surface area contributed by atoms with Crippen molar-refractivity contribution in [3.05, 3.63) is 65.2 Å². The van der Waals surface area contributed by atoms with Crippen molar-refractivity contribution < 1.29 is 9.59 Å². The predicted molar refractivity (Wildman–Crippen MR) is 88.1 cm³/mol. The Morgan fingerprint density at radius 2 is 1.76 bits per heavy atom. The number of Topliss-reactive ketones (excluding diaryl/α,β-unsaturated/α-hetero) is 1. The highest BCUT2D eigenvalue weighted by Crippen LogP contribution is 2.14. The first kappa shape index (κ1) is 15.3. The maximum Gasteiger partial charge on any atom is 0.255 e. The Morgan fingerprint density at radius 3 is 2.38 bits per heavy atom. The molecule has 1 amide bonds. The zero-order valence-electron chi connectivity index (χ0n) is 12.1. The number of ketones is 1. The molecule has 3 nitrogen and oxygen atoms in total. The zero-order chi connectivity index (χ0) is 15.2. The van der Waals surface area contributed by atoms with E-state index in [1.165, 1.54) is 6.92 Å². The average Bonchev–Trinajstić information content (AvgIpc) is 2.48. The summed E-state index contributed by atoms with van der Waals surface area (Å²) in [5, 5.41) is 2.84. The first-order valence-electron chi connectivity index (χ1n) is 6.60. The molecular weight excluding hydrogens is 282 g/mol. The lowest BCUT2D eigenvalue weighted by Gasteiger charge is -2.07. The van der Waals surface area contributed by atoms with Gasteiger partial charge in [0, 0.05) is 22.6 Å². The van der Waals surface area contributed by atoms with E-state index in [0.717, 1.165) is 11.3 Å². The Kier molecular flexibility index (Phi) is 5.17. The minimum absolute atomic E-state index is 0.0117. The monoisotopic (exact) mass is 299 g/mol. The van der Waals surface area contributed by atoms with Crippen LogP contribution in [-0.4, -0.2) is 17.9 Å². The van der Waals surface area contributed by atoms with Crippen molar-refractivity contribution in [1.82, 2.24) is 0 Å². The van der Waals surface area contributed by atoms with E-state index in [9.17, 15) is 9.59 Å². The maximum absolute atomic E-state index is 12.2. The van der Waals surface area contributed by atoms with E-state index < -0.39 is 0 Å². The van der Waals surface area contributed by atoms with Crippen LogP contribution in [0.1, 0.15) is 33.2 Å². The van der Waals surface area contributed by atoms with Crippen LogP contribution in [0.4, 0.5) is 5.69 Å². The molecule has 2 aromatic carbocycles. The number of benzene rings is 2. The Balaban J connectivity index is 2.10. The molecule has 0 aliphatic carbocycles. The van der Waals surface area contributed by atoms with Gasteiger partial charge in [0.1, 0.15) is 0 Å². The van der Waals surface area contributed by atoms with Gasteiger partial charge in [-0.1, -0.05) is 12.1 Å². The number of thioether (sulfide) groups is 1. The van der Waals surface area contributed by atoms with Gasteiger partial charge in [-0.15, -0.1) is 0 Å². The Bertz CT molecular complexity index is 650. The third-order valence-electron chi connectivity index (χ3n) is 3.05. The van der Waals surface area contributed by atoms with Crippen molar-refractivity contribution in [3.8, 4) is 0 Å². The van der Waals surface area contributed by atoms with Crippen LogP contribution < -0.4 is 5.32 Å². The third kappa shape index (κ3) is 4.20. The molecule has 2 rings (SSSR count). The summed E-state index contributed by atoms with van der Waals surface area (Å²) in [6, 6.07) is 14.5. The van der Waals surface area contributed by atoms with Crippen molar-refractivity contribution in [2.75, 3.05) is 11.6 Å². The van der Waals surface area contributed by atoms with Gasteiger partial charge in [-0.05, 0) is 55.1 Å². The minimum Gasteiger partial charge on any atom is -0.322 e. The van der Waals surface area contributed by atoms with Crippen molar-refractivity contribution in [1.29, 1.82) is 0 Å². The Labute approximate surface area is 128 Å². The molecule has 2 aromatic rings. The average molecular weight is 299 g/mol. The smallest absolute Gasteiger partial charge is 0.255 e. The first-order chi connectivity index (χ1) is 10.1. The van der Waals surface area contributed by atoms with Gasteiger partial charge in [0.05, 0.1) is 0 Å². The summed E-state index contributed by atoms with van der Waals surface area (Å²) >= 11 is 1.72. The number of anilines is 1. The molecule has 0 saturated heterocycles. The van der Waals surface area contributed by atoms with Crippen LogP contribution in [0, 0.1) is 0 Å². The molecule has 1 N–H and O–H groups in total. The molecule has 0 aliphatic heterocycles. The van der Waals surface area contributed by atoms with Gasteiger partial charge >= 0.3 is 0 Å². The fourth-order valence-corrected chi connectivity index (χ4v) is 2.47. The second-order valence-corrected chi connectivity index (χ2v) is 5.59. The van der Waals surface area contributed by atoms with Crippen LogP contribution in [0.15, 0.2) is 48.5 Å². The number of rotatable bonds is 5. The fourth-order valence-electron chi connectivity index (χ4n) is 1.96. The molecule has 0 heterocycles. The van der Waals surface area contributed by atoms with E-state index in [0.29, 0.717) is 16.8 Å². The summed E-state index contributed by atoms with van der Waals surface area (Å²) in [6.45, 7) is 1.52. The molecule has 108 valence electrons. The van der Waals surface area contributed by atoms with Crippen LogP contribution in [0.5, 0.6) is 0 Å². The third-order valence-corrected chi connectivity index (χ3v) is 3.67. The summed E-state index contributed by atoms with van der Waals surface area (Å²) in [5.74, 6) is 0.750. The molecule has 0 unspecified atom stereocenters. The highest BCUT2D eigenvalue weighted by molar-refractivity contribution is 7.97. The molecule has 0 spiro atoms. The first-order valence-corrected chi connectivity index (χ1v) is 8.00. The second-order valence-electron chi connectivity index (χ2n) is 4.72. The van der Waals surface area contributed by atoms with Gasteiger partial charge in [-0.25, -0.2) is 0 Å². The standard InChI is InChI=1S/C17H17NO2S/c1-12(19)14-6-8-16(9-7-14)18-17(20)15-5-3-4-13(10-15)11-21-2/h3-10H,11H2,1-2H3,(H,18,20). The summed E-state index contributed by atoms with van der Waals surface area (Å²) in [7, 11) is 0. The number of amides is 1. The van der Waals surface area contributed by atoms with Crippen molar-refractivity contribution in [2.45, 2.75) is 12.7 Å². The van der Waals surface area contributed by atoms with Gasteiger partial charge in [-0.3, -0.25) is 9.59 Å². The molecule has 0 radical (unpaired) electrons. The van der Waals surface area contributed by atoms with Gasteiger partial charge in [0.2, 0.25) is 0 Å². The molecule has 0 saturated carbocycles. The molecule has 0 bridgehead atoms. The molecule has 4 heteroatoms. The van der Waals surface area contributed by atoms with Gasteiger partial charge < -0.3 is 5.32 Å². The molecule has 21 heavy (non-hydrogen) atoms. The van der Waals surface area contributed by atoms with Gasteiger partial charge in [-0.2, -0.15) is 11.8 Å². The fraction of sp³-hybridized carbons (Fsp3) is 0.176. The van der Waals surface area contributed by atoms with E-state index in [-0.39, 0.29) is 11.7 Å². The van der Waals surface area contributed by atoms with Crippen LogP contribution in [0.25, 0.3) is 0 Å². The topological polar surface area (TPSA) is 46.2 Å². The van der Waals surface area contributed by atoms with E-state index in [2.05, 4.69) is 5.32 Å². The molecule has 0 aromatic heterocycles. The van der Waals surface area contributed by atoms with Gasteiger partial charge in [0.25, 0.3) is 5.91 Å². The van der Waals surface area contributed by atoms with Crippen molar-refractivity contribution in [2.24, 2.45) is 0 Å². The van der Waals surface area contributed by atoms with Crippen molar-refractivity contribution >= 4 is 29.1 Å². The number of hydrogen-bond donors (Lipinski definition) is 1. The van der Waals surface area contributed by atoms with Crippen LogP contribution in [0.2, 0.25) is 0 Å². The predicted octanol–water partition coefficient (Wildman–Crippen LogP) is 4.00. The van der Waals surface area contributed by atoms with E-state index in [1.807, 2.05) is 24.5 Å². The quantitative estimate of drug-likeness (QED) is 0.849. The van der Waals surface area contributed by atoms with Gasteiger partial charge in [0.15, 0.2) is 5.78 Å². The summed E-state index contributed by atoms with van der Waals surface area (Å²) in [5.41, 5.74) is 3.08. The number of nitrogens with one attached hydrogen (secondary N) is 1. The second kappa shape index (κ2) is 7.09. The van der Waals surface area contributed by atoms with Crippen LogP contribution in [-0.2, 0) is 5.75 Å². The summed E-state index contributed by atoms with van der Waals surface area (Å²) in [6.07, 6.45) is 2.03. The number of carbonyl (C=O) groups excluding carboxylic acids is 2. The van der Waals surface area contributed by atoms with Crippen LogP contribution >= 0.6 is 11.8 Å². The highest BCUT2D eigenvalue weighted by atomic mass is 32.2. The molecule has 0 atom stereocenters. The minimum atomic E-state index is -0.145. The van der Waals surface area contributed by atoms with E-state index in [1.54, 1.807) is 42.1 Å². The Hall–Kier alpha value is -2.07.